The summed E-state index contributed by atoms with van der Waals surface area (Å²) in [6.45, 7) is 13.1. The Balaban J connectivity index is 2.62. The third kappa shape index (κ3) is 4.95. The Labute approximate surface area is 125 Å². The number of nitrogens with one attached hydrogen (secondary N) is 1. The third-order valence-electron chi connectivity index (χ3n) is 4.68. The van der Waals surface area contributed by atoms with E-state index in [1.807, 2.05) is 11.8 Å². The van der Waals surface area contributed by atoms with E-state index in [0.717, 1.165) is 5.92 Å². The largest absolute Gasteiger partial charge is 0.311 e. The van der Waals surface area contributed by atoms with E-state index in [2.05, 4.69) is 44.2 Å². The van der Waals surface area contributed by atoms with Crippen LogP contribution < -0.4 is 5.32 Å². The minimum Gasteiger partial charge on any atom is -0.311 e. The highest BCUT2D eigenvalue weighted by Crippen LogP contribution is 2.28. The van der Waals surface area contributed by atoms with Gasteiger partial charge in [0.05, 0.1) is 0 Å². The van der Waals surface area contributed by atoms with Crippen LogP contribution in [-0.2, 0) is 0 Å². The molecule has 1 aliphatic heterocycles. The Kier molecular flexibility index (Phi) is 7.78. The first-order chi connectivity index (χ1) is 9.07. The summed E-state index contributed by atoms with van der Waals surface area (Å²) in [6.07, 6.45) is 7.39. The number of hydrogen-bond donors (Lipinski definition) is 1. The van der Waals surface area contributed by atoms with Gasteiger partial charge in [0.2, 0.25) is 0 Å². The van der Waals surface area contributed by atoms with Crippen LogP contribution in [0.15, 0.2) is 0 Å². The zero-order valence-electron chi connectivity index (χ0n) is 13.7. The topological polar surface area (TPSA) is 15.3 Å². The molecule has 0 amide bonds. The van der Waals surface area contributed by atoms with Crippen LogP contribution >= 0.6 is 11.8 Å². The summed E-state index contributed by atoms with van der Waals surface area (Å²) >= 11 is 1.97. The van der Waals surface area contributed by atoms with Crippen LogP contribution in [-0.4, -0.2) is 48.1 Å². The van der Waals surface area contributed by atoms with Crippen LogP contribution in [0.3, 0.4) is 0 Å². The molecule has 1 unspecified atom stereocenters. The van der Waals surface area contributed by atoms with E-state index >= 15 is 0 Å². The van der Waals surface area contributed by atoms with Crippen molar-refractivity contribution in [1.82, 2.24) is 10.2 Å². The molecule has 114 valence electrons. The summed E-state index contributed by atoms with van der Waals surface area (Å²) in [5.74, 6) is 2.09. The predicted molar refractivity (Wildman–Crippen MR) is 89.1 cm³/mol. The highest BCUT2D eigenvalue weighted by atomic mass is 32.2. The first-order valence-corrected chi connectivity index (χ1v) is 9.44. The van der Waals surface area contributed by atoms with Crippen LogP contribution in [0.2, 0.25) is 0 Å². The summed E-state index contributed by atoms with van der Waals surface area (Å²) in [4.78, 5) is 2.80. The lowest BCUT2D eigenvalue weighted by Gasteiger charge is -2.50. The van der Waals surface area contributed by atoms with Crippen molar-refractivity contribution in [3.63, 3.8) is 0 Å². The van der Waals surface area contributed by atoms with Crippen molar-refractivity contribution in [3.8, 4) is 0 Å². The summed E-state index contributed by atoms with van der Waals surface area (Å²) in [6, 6.07) is 0.695. The van der Waals surface area contributed by atoms with E-state index in [1.165, 1.54) is 51.1 Å². The summed E-state index contributed by atoms with van der Waals surface area (Å²) in [5, 5.41) is 3.82. The van der Waals surface area contributed by atoms with Gasteiger partial charge in [0, 0.05) is 24.7 Å². The number of piperazine rings is 1. The maximum Gasteiger partial charge on any atom is 0.0329 e. The van der Waals surface area contributed by atoms with Crippen LogP contribution in [0.1, 0.15) is 53.4 Å². The maximum absolute atomic E-state index is 3.82. The van der Waals surface area contributed by atoms with E-state index in [4.69, 9.17) is 0 Å². The zero-order valence-corrected chi connectivity index (χ0v) is 14.5. The lowest BCUT2D eigenvalue weighted by molar-refractivity contribution is 0.0280. The highest BCUT2D eigenvalue weighted by molar-refractivity contribution is 7.98. The zero-order chi connectivity index (χ0) is 14.3. The van der Waals surface area contributed by atoms with Crippen molar-refractivity contribution in [1.29, 1.82) is 0 Å². The predicted octanol–water partition coefficient (Wildman–Crippen LogP) is 3.62. The van der Waals surface area contributed by atoms with Crippen molar-refractivity contribution in [2.75, 3.05) is 31.6 Å². The van der Waals surface area contributed by atoms with Crippen molar-refractivity contribution in [2.45, 2.75) is 65.0 Å². The molecule has 0 aliphatic carbocycles. The average molecular weight is 287 g/mol. The van der Waals surface area contributed by atoms with Gasteiger partial charge in [-0.3, -0.25) is 4.90 Å². The maximum atomic E-state index is 3.82. The molecule has 2 nitrogen and oxygen atoms in total. The Morgan fingerprint density at radius 3 is 2.53 bits per heavy atom. The van der Waals surface area contributed by atoms with Gasteiger partial charge in [0.1, 0.15) is 0 Å². The fraction of sp³-hybridized carbons (Fsp3) is 1.00. The van der Waals surface area contributed by atoms with Crippen LogP contribution in [0.5, 0.6) is 0 Å². The van der Waals surface area contributed by atoms with Gasteiger partial charge in [0.15, 0.2) is 0 Å². The minimum atomic E-state index is 0.409. The second-order valence-electron chi connectivity index (χ2n) is 6.43. The van der Waals surface area contributed by atoms with Gasteiger partial charge in [0.25, 0.3) is 0 Å². The monoisotopic (exact) mass is 286 g/mol. The standard InChI is InChI=1S/C16H34N2S/c1-6-16(7-2)13-17-15(11-14(3)4)12-18(16)9-8-10-19-5/h14-15,17H,6-13H2,1-5H3. The first kappa shape index (κ1) is 17.3. The van der Waals surface area contributed by atoms with E-state index in [1.54, 1.807) is 0 Å². The van der Waals surface area contributed by atoms with E-state index in [9.17, 15) is 0 Å². The quantitative estimate of drug-likeness (QED) is 0.686. The first-order valence-electron chi connectivity index (χ1n) is 8.05. The molecule has 0 aromatic heterocycles. The molecule has 19 heavy (non-hydrogen) atoms. The fourth-order valence-corrected chi connectivity index (χ4v) is 3.79. The molecule has 0 aromatic carbocycles. The van der Waals surface area contributed by atoms with Gasteiger partial charge < -0.3 is 5.32 Å². The van der Waals surface area contributed by atoms with Gasteiger partial charge in [-0.1, -0.05) is 27.7 Å². The summed E-state index contributed by atoms with van der Waals surface area (Å²) < 4.78 is 0. The van der Waals surface area contributed by atoms with Crippen molar-refractivity contribution >= 4 is 11.8 Å². The van der Waals surface area contributed by atoms with Crippen molar-refractivity contribution < 1.29 is 0 Å². The van der Waals surface area contributed by atoms with E-state index < -0.39 is 0 Å². The van der Waals surface area contributed by atoms with Crippen molar-refractivity contribution in [3.05, 3.63) is 0 Å². The Morgan fingerprint density at radius 1 is 1.32 bits per heavy atom. The second-order valence-corrected chi connectivity index (χ2v) is 7.42. The van der Waals surface area contributed by atoms with Gasteiger partial charge in [-0.2, -0.15) is 11.8 Å². The van der Waals surface area contributed by atoms with Crippen molar-refractivity contribution in [2.24, 2.45) is 5.92 Å². The number of thioether (sulfide) groups is 1. The van der Waals surface area contributed by atoms with E-state index in [-0.39, 0.29) is 0 Å². The van der Waals surface area contributed by atoms with Gasteiger partial charge in [-0.25, -0.2) is 0 Å². The number of nitrogens with zero attached hydrogens (tertiary/aromatic N) is 1. The molecule has 1 heterocycles. The molecule has 3 heteroatoms. The molecule has 0 radical (unpaired) electrons. The molecule has 0 aromatic rings. The molecule has 1 saturated heterocycles. The van der Waals surface area contributed by atoms with Gasteiger partial charge in [-0.05, 0) is 50.2 Å². The number of hydrogen-bond acceptors (Lipinski definition) is 3. The molecule has 0 bridgehead atoms. The van der Waals surface area contributed by atoms with Gasteiger partial charge in [-0.15, -0.1) is 0 Å². The average Bonchev–Trinajstić information content (AvgIpc) is 2.39. The summed E-state index contributed by atoms with van der Waals surface area (Å²) in [5.41, 5.74) is 0.409. The highest BCUT2D eigenvalue weighted by Gasteiger charge is 2.38. The second kappa shape index (κ2) is 8.53. The SMILES string of the molecule is CCC1(CC)CNC(CC(C)C)CN1CCCSC. The molecule has 1 fully saturated rings. The normalized spacial score (nSPS) is 24.0. The lowest BCUT2D eigenvalue weighted by Crippen LogP contribution is -2.64. The Morgan fingerprint density at radius 2 is 2.00 bits per heavy atom. The molecular formula is C16H34N2S. The molecule has 1 rings (SSSR count). The summed E-state index contributed by atoms with van der Waals surface area (Å²) in [7, 11) is 0. The van der Waals surface area contributed by atoms with Crippen LogP contribution in [0.4, 0.5) is 0 Å². The minimum absolute atomic E-state index is 0.409. The number of rotatable bonds is 8. The molecular weight excluding hydrogens is 252 g/mol. The lowest BCUT2D eigenvalue weighted by atomic mass is 9.86. The van der Waals surface area contributed by atoms with Gasteiger partial charge >= 0.3 is 0 Å². The molecule has 1 atom stereocenters. The van der Waals surface area contributed by atoms with E-state index in [0.29, 0.717) is 11.6 Å². The molecule has 1 N–H and O–H groups in total. The fourth-order valence-electron chi connectivity index (χ4n) is 3.37. The molecule has 1 aliphatic rings. The Bertz CT molecular complexity index is 239. The molecule has 0 spiro atoms. The van der Waals surface area contributed by atoms with Crippen LogP contribution in [0, 0.1) is 5.92 Å². The molecule has 0 saturated carbocycles. The Hall–Kier alpha value is 0.270. The smallest absolute Gasteiger partial charge is 0.0329 e. The third-order valence-corrected chi connectivity index (χ3v) is 5.38. The van der Waals surface area contributed by atoms with Crippen LogP contribution in [0.25, 0.3) is 0 Å².